The number of halogens is 2. The van der Waals surface area contributed by atoms with Gasteiger partial charge in [0.25, 0.3) is 10.0 Å². The molecule has 0 saturated carbocycles. The maximum absolute atomic E-state index is 12.1. The first-order valence-corrected chi connectivity index (χ1v) is 7.66. The Hall–Kier alpha value is -0.870. The van der Waals surface area contributed by atoms with E-state index in [1.165, 1.54) is 17.9 Å². The van der Waals surface area contributed by atoms with Gasteiger partial charge in [0, 0.05) is 16.8 Å². The standard InChI is InChI=1S/C9H8ClIN4O2S/c1-15-9(7(10)5-13-15)18(16,17)14-8-3-2-6(11)4-12-8/h2-5H,1H3,(H,12,14). The Morgan fingerprint density at radius 2 is 2.11 bits per heavy atom. The number of rotatable bonds is 3. The van der Waals surface area contributed by atoms with E-state index in [-0.39, 0.29) is 15.9 Å². The van der Waals surface area contributed by atoms with E-state index in [2.05, 4.69) is 37.4 Å². The van der Waals surface area contributed by atoms with Crippen LogP contribution in [0.5, 0.6) is 0 Å². The summed E-state index contributed by atoms with van der Waals surface area (Å²) in [5.74, 6) is 0.229. The first kappa shape index (κ1) is 13.6. The lowest BCUT2D eigenvalue weighted by Crippen LogP contribution is -2.17. The van der Waals surface area contributed by atoms with Crippen LogP contribution in [0.2, 0.25) is 5.02 Å². The van der Waals surface area contributed by atoms with Crippen molar-refractivity contribution in [1.82, 2.24) is 14.8 Å². The molecule has 0 bridgehead atoms. The molecule has 0 saturated heterocycles. The number of aryl methyl sites for hydroxylation is 1. The molecule has 96 valence electrons. The van der Waals surface area contributed by atoms with Crippen LogP contribution in [0.25, 0.3) is 0 Å². The monoisotopic (exact) mass is 398 g/mol. The van der Waals surface area contributed by atoms with Crippen LogP contribution in [0.4, 0.5) is 5.82 Å². The summed E-state index contributed by atoms with van der Waals surface area (Å²) in [7, 11) is -2.29. The molecule has 2 rings (SSSR count). The number of pyridine rings is 1. The Morgan fingerprint density at radius 3 is 2.61 bits per heavy atom. The number of hydrogen-bond acceptors (Lipinski definition) is 4. The molecule has 0 aliphatic carbocycles. The highest BCUT2D eigenvalue weighted by atomic mass is 127. The van der Waals surface area contributed by atoms with Gasteiger partial charge in [-0.25, -0.2) is 4.98 Å². The van der Waals surface area contributed by atoms with E-state index in [4.69, 9.17) is 11.6 Å². The lowest BCUT2D eigenvalue weighted by atomic mass is 10.5. The fraction of sp³-hybridized carbons (Fsp3) is 0.111. The minimum atomic E-state index is -3.79. The van der Waals surface area contributed by atoms with E-state index in [1.54, 1.807) is 18.3 Å². The van der Waals surface area contributed by atoms with Crippen LogP contribution in [-0.2, 0) is 17.1 Å². The average Bonchev–Trinajstić information content (AvgIpc) is 2.62. The number of hydrogen-bond donors (Lipinski definition) is 1. The molecule has 2 aromatic rings. The molecule has 2 aromatic heterocycles. The van der Waals surface area contributed by atoms with Crippen LogP contribution in [0.15, 0.2) is 29.6 Å². The third-order valence-corrected chi connectivity index (χ3v) is 4.56. The molecular formula is C9H8ClIN4O2S. The largest absolute Gasteiger partial charge is 0.281 e. The van der Waals surface area contributed by atoms with Gasteiger partial charge in [-0.3, -0.25) is 9.40 Å². The number of sulfonamides is 1. The minimum Gasteiger partial charge on any atom is -0.262 e. The second kappa shape index (κ2) is 5.02. The van der Waals surface area contributed by atoms with Gasteiger partial charge in [-0.15, -0.1) is 0 Å². The van der Waals surface area contributed by atoms with Crippen molar-refractivity contribution >= 4 is 50.0 Å². The van der Waals surface area contributed by atoms with Gasteiger partial charge in [-0.1, -0.05) is 11.6 Å². The first-order valence-electron chi connectivity index (χ1n) is 4.72. The lowest BCUT2D eigenvalue weighted by molar-refractivity contribution is 0.582. The second-order valence-electron chi connectivity index (χ2n) is 3.39. The molecule has 18 heavy (non-hydrogen) atoms. The third-order valence-electron chi connectivity index (χ3n) is 2.06. The van der Waals surface area contributed by atoms with Crippen LogP contribution >= 0.6 is 34.2 Å². The maximum atomic E-state index is 12.1. The van der Waals surface area contributed by atoms with E-state index in [9.17, 15) is 8.42 Å². The summed E-state index contributed by atoms with van der Waals surface area (Å²) in [6.45, 7) is 0. The highest BCUT2D eigenvalue weighted by Crippen LogP contribution is 2.22. The zero-order chi connectivity index (χ0) is 13.3. The molecule has 0 spiro atoms. The summed E-state index contributed by atoms with van der Waals surface area (Å²) in [6.07, 6.45) is 2.83. The number of nitrogens with one attached hydrogen (secondary N) is 1. The van der Waals surface area contributed by atoms with E-state index >= 15 is 0 Å². The number of nitrogens with zero attached hydrogens (tertiary/aromatic N) is 3. The Labute approximate surface area is 123 Å². The first-order chi connectivity index (χ1) is 8.40. The van der Waals surface area contributed by atoms with Crippen molar-refractivity contribution in [3.63, 3.8) is 0 Å². The molecule has 0 aromatic carbocycles. The summed E-state index contributed by atoms with van der Waals surface area (Å²) in [5, 5.41) is 3.75. The van der Waals surface area contributed by atoms with Crippen LogP contribution in [0.3, 0.4) is 0 Å². The zero-order valence-corrected chi connectivity index (χ0v) is 12.9. The fourth-order valence-corrected chi connectivity index (χ4v) is 3.31. The quantitative estimate of drug-likeness (QED) is 0.801. The zero-order valence-electron chi connectivity index (χ0n) is 9.13. The van der Waals surface area contributed by atoms with Crippen LogP contribution in [-0.4, -0.2) is 23.2 Å². The molecule has 1 N–H and O–H groups in total. The van der Waals surface area contributed by atoms with Gasteiger partial charge >= 0.3 is 0 Å². The Kier molecular flexibility index (Phi) is 3.78. The van der Waals surface area contributed by atoms with E-state index in [0.717, 1.165) is 3.57 Å². The topological polar surface area (TPSA) is 76.9 Å². The highest BCUT2D eigenvalue weighted by Gasteiger charge is 2.23. The highest BCUT2D eigenvalue weighted by molar-refractivity contribution is 14.1. The summed E-state index contributed by atoms with van der Waals surface area (Å²) in [5.41, 5.74) is 0. The normalized spacial score (nSPS) is 11.5. The van der Waals surface area contributed by atoms with Crippen molar-refractivity contribution in [3.8, 4) is 0 Å². The van der Waals surface area contributed by atoms with Gasteiger partial charge in [0.05, 0.1) is 11.2 Å². The summed E-state index contributed by atoms with van der Waals surface area (Å²) in [6, 6.07) is 3.32. The van der Waals surface area contributed by atoms with E-state index in [1.807, 2.05) is 0 Å². The van der Waals surface area contributed by atoms with Gasteiger partial charge in [-0.05, 0) is 34.7 Å². The maximum Gasteiger partial charge on any atom is 0.281 e. The molecular weight excluding hydrogens is 391 g/mol. The Morgan fingerprint density at radius 1 is 1.39 bits per heavy atom. The molecule has 0 amide bonds. The second-order valence-corrected chi connectivity index (χ2v) is 6.64. The van der Waals surface area contributed by atoms with Crippen molar-refractivity contribution < 1.29 is 8.42 Å². The number of anilines is 1. The van der Waals surface area contributed by atoms with Gasteiger partial charge in [0.1, 0.15) is 5.82 Å². The fourth-order valence-electron chi connectivity index (χ4n) is 1.32. The van der Waals surface area contributed by atoms with Crippen molar-refractivity contribution in [2.75, 3.05) is 4.72 Å². The van der Waals surface area contributed by atoms with Gasteiger partial charge in [-0.2, -0.15) is 13.5 Å². The van der Waals surface area contributed by atoms with Crippen LogP contribution in [0, 0.1) is 3.57 Å². The van der Waals surface area contributed by atoms with E-state index in [0.29, 0.717) is 0 Å². The number of aromatic nitrogens is 3. The predicted octanol–water partition coefficient (Wildman–Crippen LogP) is 1.87. The van der Waals surface area contributed by atoms with Gasteiger partial charge in [0.2, 0.25) is 0 Å². The summed E-state index contributed by atoms with van der Waals surface area (Å²) < 4.78 is 28.6. The molecule has 6 nitrogen and oxygen atoms in total. The summed E-state index contributed by atoms with van der Waals surface area (Å²) >= 11 is 7.88. The average molecular weight is 399 g/mol. The van der Waals surface area contributed by atoms with Gasteiger partial charge in [0.15, 0.2) is 5.03 Å². The molecule has 0 aliphatic heterocycles. The SMILES string of the molecule is Cn1ncc(Cl)c1S(=O)(=O)Nc1ccc(I)cn1. The molecule has 0 unspecified atom stereocenters. The summed E-state index contributed by atoms with van der Waals surface area (Å²) in [4.78, 5) is 3.96. The van der Waals surface area contributed by atoms with E-state index < -0.39 is 10.0 Å². The van der Waals surface area contributed by atoms with Crippen molar-refractivity contribution in [2.24, 2.45) is 7.05 Å². The molecule has 2 heterocycles. The Balaban J connectivity index is 2.36. The minimum absolute atomic E-state index is 0.0653. The third kappa shape index (κ3) is 2.75. The van der Waals surface area contributed by atoms with Crippen molar-refractivity contribution in [3.05, 3.63) is 33.1 Å². The van der Waals surface area contributed by atoms with Gasteiger partial charge < -0.3 is 0 Å². The Bertz CT molecular complexity index is 649. The smallest absolute Gasteiger partial charge is 0.262 e. The molecule has 0 fully saturated rings. The van der Waals surface area contributed by atoms with Crippen molar-refractivity contribution in [2.45, 2.75) is 5.03 Å². The van der Waals surface area contributed by atoms with Crippen LogP contribution in [0.1, 0.15) is 0 Å². The predicted molar refractivity (Wildman–Crippen MR) is 76.0 cm³/mol. The molecule has 0 radical (unpaired) electrons. The van der Waals surface area contributed by atoms with Crippen LogP contribution < -0.4 is 4.72 Å². The molecule has 9 heteroatoms. The lowest BCUT2D eigenvalue weighted by Gasteiger charge is -2.07. The molecule has 0 aliphatic rings. The van der Waals surface area contributed by atoms with Crippen molar-refractivity contribution in [1.29, 1.82) is 0 Å². The molecule has 0 atom stereocenters.